The molecule has 5 nitrogen and oxygen atoms in total. The van der Waals surface area contributed by atoms with Crippen molar-refractivity contribution in [2.24, 2.45) is 17.6 Å². The molecule has 114 valence electrons. The van der Waals surface area contributed by atoms with Crippen molar-refractivity contribution in [1.82, 2.24) is 10.1 Å². The smallest absolute Gasteiger partial charge is 0.229 e. The number of aromatic nitrogens is 2. The highest BCUT2D eigenvalue weighted by Gasteiger charge is 2.27. The molecule has 1 saturated carbocycles. The summed E-state index contributed by atoms with van der Waals surface area (Å²) >= 11 is 0. The summed E-state index contributed by atoms with van der Waals surface area (Å²) in [5, 5.41) is 4.15. The van der Waals surface area contributed by atoms with Crippen LogP contribution in [0.3, 0.4) is 0 Å². The van der Waals surface area contributed by atoms with E-state index in [-0.39, 0.29) is 6.10 Å². The summed E-state index contributed by atoms with van der Waals surface area (Å²) in [7, 11) is 1.65. The van der Waals surface area contributed by atoms with Crippen molar-refractivity contribution in [2.75, 3.05) is 13.7 Å². The van der Waals surface area contributed by atoms with Crippen LogP contribution in [0.15, 0.2) is 4.52 Å². The van der Waals surface area contributed by atoms with Gasteiger partial charge in [-0.05, 0) is 37.5 Å². The Hall–Kier alpha value is -0.940. The molecular weight excluding hydrogens is 254 g/mol. The largest absolute Gasteiger partial charge is 0.380 e. The maximum absolute atomic E-state index is 5.61. The molecule has 0 saturated heterocycles. The van der Waals surface area contributed by atoms with E-state index >= 15 is 0 Å². The first-order valence-electron chi connectivity index (χ1n) is 7.69. The van der Waals surface area contributed by atoms with Crippen molar-refractivity contribution in [3.8, 4) is 0 Å². The van der Waals surface area contributed by atoms with E-state index < -0.39 is 0 Å². The van der Waals surface area contributed by atoms with E-state index in [1.807, 2.05) is 0 Å². The molecule has 2 N–H and O–H groups in total. The van der Waals surface area contributed by atoms with Gasteiger partial charge in [0, 0.05) is 19.6 Å². The molecule has 1 aromatic rings. The zero-order valence-corrected chi connectivity index (χ0v) is 12.8. The van der Waals surface area contributed by atoms with E-state index in [4.69, 9.17) is 15.0 Å². The third-order valence-corrected chi connectivity index (χ3v) is 4.56. The van der Waals surface area contributed by atoms with Crippen molar-refractivity contribution in [1.29, 1.82) is 0 Å². The number of nitrogens with two attached hydrogens (primary N) is 1. The summed E-state index contributed by atoms with van der Waals surface area (Å²) in [6.07, 6.45) is 5.45. The first-order valence-corrected chi connectivity index (χ1v) is 7.69. The average Bonchev–Trinajstić information content (AvgIpc) is 2.93. The lowest BCUT2D eigenvalue weighted by atomic mass is 9.77. The molecule has 0 amide bonds. The molecule has 0 aromatic carbocycles. The van der Waals surface area contributed by atoms with Gasteiger partial charge in [0.05, 0.1) is 12.5 Å². The zero-order chi connectivity index (χ0) is 14.5. The van der Waals surface area contributed by atoms with Crippen molar-refractivity contribution in [2.45, 2.75) is 58.0 Å². The van der Waals surface area contributed by atoms with Gasteiger partial charge in [-0.15, -0.1) is 0 Å². The second-order valence-corrected chi connectivity index (χ2v) is 6.20. The zero-order valence-electron chi connectivity index (χ0n) is 12.8. The Labute approximate surface area is 121 Å². The highest BCUT2D eigenvalue weighted by Crippen LogP contribution is 2.37. The Morgan fingerprint density at radius 1 is 1.30 bits per heavy atom. The van der Waals surface area contributed by atoms with Crippen molar-refractivity contribution in [3.05, 3.63) is 11.7 Å². The van der Waals surface area contributed by atoms with Crippen LogP contribution in [0.2, 0.25) is 0 Å². The predicted octanol–water partition coefficient (Wildman–Crippen LogP) is 2.52. The van der Waals surface area contributed by atoms with E-state index in [9.17, 15) is 0 Å². The molecule has 1 atom stereocenters. The SMILES string of the molecule is COC(CN)Cc1nc(C2CCC(C(C)C)CC2)no1. The molecular formula is C15H27N3O2. The molecule has 0 aliphatic heterocycles. The predicted molar refractivity (Wildman–Crippen MR) is 77.4 cm³/mol. The topological polar surface area (TPSA) is 74.2 Å². The molecule has 0 bridgehead atoms. The minimum absolute atomic E-state index is 0.0417. The van der Waals surface area contributed by atoms with Gasteiger partial charge in [-0.25, -0.2) is 0 Å². The van der Waals surface area contributed by atoms with Crippen LogP contribution in [-0.4, -0.2) is 29.9 Å². The van der Waals surface area contributed by atoms with Gasteiger partial charge in [-0.3, -0.25) is 0 Å². The molecule has 1 unspecified atom stereocenters. The van der Waals surface area contributed by atoms with Gasteiger partial charge in [-0.2, -0.15) is 4.98 Å². The molecule has 0 radical (unpaired) electrons. The number of ether oxygens (including phenoxy) is 1. The van der Waals surface area contributed by atoms with Crippen LogP contribution in [0, 0.1) is 11.8 Å². The lowest BCUT2D eigenvalue weighted by Crippen LogP contribution is -2.24. The highest BCUT2D eigenvalue weighted by atomic mass is 16.5. The van der Waals surface area contributed by atoms with Gasteiger partial charge >= 0.3 is 0 Å². The molecule has 1 aliphatic rings. The molecule has 1 fully saturated rings. The number of hydrogen-bond donors (Lipinski definition) is 1. The summed E-state index contributed by atoms with van der Waals surface area (Å²) in [6.45, 7) is 5.10. The van der Waals surface area contributed by atoms with Gasteiger partial charge in [0.15, 0.2) is 5.82 Å². The lowest BCUT2D eigenvalue weighted by molar-refractivity contribution is 0.102. The van der Waals surface area contributed by atoms with Crippen LogP contribution in [0.5, 0.6) is 0 Å². The Morgan fingerprint density at radius 3 is 2.55 bits per heavy atom. The van der Waals surface area contributed by atoms with E-state index in [0.717, 1.165) is 17.7 Å². The Kier molecular flexibility index (Phi) is 5.54. The maximum Gasteiger partial charge on any atom is 0.229 e. The van der Waals surface area contributed by atoms with Gasteiger partial charge in [0.1, 0.15) is 0 Å². The van der Waals surface area contributed by atoms with Crippen LogP contribution in [-0.2, 0) is 11.2 Å². The number of nitrogens with zero attached hydrogens (tertiary/aromatic N) is 2. The summed E-state index contributed by atoms with van der Waals surface area (Å²) in [5.41, 5.74) is 5.61. The standard InChI is InChI=1S/C15H27N3O2/c1-10(2)11-4-6-12(7-5-11)15-17-14(20-18-15)8-13(9-16)19-3/h10-13H,4-9,16H2,1-3H3. The molecule has 1 heterocycles. The summed E-state index contributed by atoms with van der Waals surface area (Å²) < 4.78 is 10.6. The molecule has 2 rings (SSSR count). The van der Waals surface area contributed by atoms with E-state index in [2.05, 4.69) is 24.0 Å². The average molecular weight is 281 g/mol. The first-order chi connectivity index (χ1) is 9.63. The molecule has 1 aromatic heterocycles. The fourth-order valence-corrected chi connectivity index (χ4v) is 3.02. The Morgan fingerprint density at radius 2 is 2.00 bits per heavy atom. The molecule has 20 heavy (non-hydrogen) atoms. The Bertz CT molecular complexity index is 394. The van der Waals surface area contributed by atoms with E-state index in [1.54, 1.807) is 7.11 Å². The number of rotatable bonds is 6. The van der Waals surface area contributed by atoms with Crippen LogP contribution >= 0.6 is 0 Å². The fraction of sp³-hybridized carbons (Fsp3) is 0.867. The second kappa shape index (κ2) is 7.18. The van der Waals surface area contributed by atoms with Crippen molar-refractivity contribution >= 4 is 0 Å². The molecule has 0 spiro atoms. The van der Waals surface area contributed by atoms with Crippen molar-refractivity contribution in [3.63, 3.8) is 0 Å². The Balaban J connectivity index is 1.90. The third kappa shape index (κ3) is 3.79. The summed E-state index contributed by atoms with van der Waals surface area (Å²) in [6, 6.07) is 0. The monoisotopic (exact) mass is 281 g/mol. The van der Waals surface area contributed by atoms with E-state index in [0.29, 0.717) is 24.8 Å². The third-order valence-electron chi connectivity index (χ3n) is 4.56. The van der Waals surface area contributed by atoms with Gasteiger partial charge in [0.2, 0.25) is 5.89 Å². The van der Waals surface area contributed by atoms with Crippen LogP contribution in [0.1, 0.15) is 57.2 Å². The maximum atomic E-state index is 5.61. The molecule has 1 aliphatic carbocycles. The summed E-state index contributed by atoms with van der Waals surface area (Å²) in [4.78, 5) is 4.53. The first kappa shape index (κ1) is 15.4. The van der Waals surface area contributed by atoms with Crippen LogP contribution in [0.25, 0.3) is 0 Å². The minimum Gasteiger partial charge on any atom is -0.380 e. The van der Waals surface area contributed by atoms with Crippen LogP contribution in [0.4, 0.5) is 0 Å². The van der Waals surface area contributed by atoms with Crippen molar-refractivity contribution < 1.29 is 9.26 Å². The van der Waals surface area contributed by atoms with Crippen LogP contribution < -0.4 is 5.73 Å². The number of methoxy groups -OCH3 is 1. The summed E-state index contributed by atoms with van der Waals surface area (Å²) in [5.74, 6) is 3.61. The van der Waals surface area contributed by atoms with E-state index in [1.165, 1.54) is 25.7 Å². The van der Waals surface area contributed by atoms with Gasteiger partial charge in [0.25, 0.3) is 0 Å². The van der Waals surface area contributed by atoms with Gasteiger partial charge < -0.3 is 15.0 Å². The molecule has 5 heteroatoms. The highest BCUT2D eigenvalue weighted by molar-refractivity contribution is 4.98. The minimum atomic E-state index is -0.0417. The quantitative estimate of drug-likeness (QED) is 0.867. The van der Waals surface area contributed by atoms with Gasteiger partial charge in [-0.1, -0.05) is 19.0 Å². The fourth-order valence-electron chi connectivity index (χ4n) is 3.02. The number of hydrogen-bond acceptors (Lipinski definition) is 5. The normalized spacial score (nSPS) is 25.1. The lowest BCUT2D eigenvalue weighted by Gasteiger charge is -2.29. The second-order valence-electron chi connectivity index (χ2n) is 6.20.